The van der Waals surface area contributed by atoms with Crippen LogP contribution in [0.3, 0.4) is 0 Å². The van der Waals surface area contributed by atoms with Gasteiger partial charge in [-0.25, -0.2) is 0 Å². The van der Waals surface area contributed by atoms with Crippen LogP contribution in [-0.4, -0.2) is 15.2 Å². The molecule has 21 heavy (non-hydrogen) atoms. The van der Waals surface area contributed by atoms with Gasteiger partial charge in [0.15, 0.2) is 5.82 Å². The second kappa shape index (κ2) is 5.58. The molecule has 4 nitrogen and oxygen atoms in total. The van der Waals surface area contributed by atoms with Gasteiger partial charge >= 0.3 is 0 Å². The molecule has 0 amide bonds. The maximum Gasteiger partial charge on any atom is 0.257 e. The molecule has 3 aromatic rings. The predicted octanol–water partition coefficient (Wildman–Crippen LogP) is 3.99. The summed E-state index contributed by atoms with van der Waals surface area (Å²) in [5, 5.41) is 13.6. The van der Waals surface area contributed by atoms with Crippen molar-refractivity contribution in [1.29, 1.82) is 0 Å². The van der Waals surface area contributed by atoms with E-state index in [2.05, 4.69) is 22.3 Å². The summed E-state index contributed by atoms with van der Waals surface area (Å²) in [4.78, 5) is 4.35. The highest BCUT2D eigenvalue weighted by Crippen LogP contribution is 2.28. The van der Waals surface area contributed by atoms with Gasteiger partial charge in [-0.2, -0.15) is 4.98 Å². The topological polar surface area (TPSA) is 59.2 Å². The Labute approximate surface area is 127 Å². The van der Waals surface area contributed by atoms with Gasteiger partial charge in [-0.05, 0) is 30.7 Å². The van der Waals surface area contributed by atoms with Gasteiger partial charge in [0.2, 0.25) is 0 Å². The van der Waals surface area contributed by atoms with E-state index in [9.17, 15) is 5.11 Å². The third-order valence-corrected chi connectivity index (χ3v) is 3.45. The van der Waals surface area contributed by atoms with Crippen LogP contribution < -0.4 is 0 Å². The molecule has 0 radical (unpaired) electrons. The maximum atomic E-state index is 9.41. The molecule has 0 aliphatic rings. The van der Waals surface area contributed by atoms with E-state index in [-0.39, 0.29) is 10.8 Å². The van der Waals surface area contributed by atoms with Crippen molar-refractivity contribution in [2.45, 2.75) is 13.3 Å². The zero-order valence-corrected chi connectivity index (χ0v) is 12.1. The second-order valence-electron chi connectivity index (χ2n) is 4.84. The van der Waals surface area contributed by atoms with E-state index in [1.807, 2.05) is 19.1 Å². The van der Waals surface area contributed by atoms with Crippen molar-refractivity contribution in [2.24, 2.45) is 0 Å². The first-order valence-corrected chi connectivity index (χ1v) is 6.86. The fourth-order valence-electron chi connectivity index (χ4n) is 1.97. The Morgan fingerprint density at radius 2 is 1.90 bits per heavy atom. The second-order valence-corrected chi connectivity index (χ2v) is 5.25. The number of aromatic nitrogens is 2. The molecule has 106 valence electrons. The highest BCUT2D eigenvalue weighted by molar-refractivity contribution is 6.32. The van der Waals surface area contributed by atoms with Crippen LogP contribution in [0.4, 0.5) is 0 Å². The van der Waals surface area contributed by atoms with Crippen molar-refractivity contribution in [3.8, 4) is 17.2 Å². The summed E-state index contributed by atoms with van der Waals surface area (Å²) in [6.07, 6.45) is 0.607. The van der Waals surface area contributed by atoms with Crippen LogP contribution in [-0.2, 0) is 6.42 Å². The Kier molecular flexibility index (Phi) is 3.62. The van der Waals surface area contributed by atoms with Crippen LogP contribution in [0, 0.1) is 6.92 Å². The van der Waals surface area contributed by atoms with Crippen molar-refractivity contribution in [2.75, 3.05) is 0 Å². The molecule has 0 aliphatic heterocycles. The minimum absolute atomic E-state index is 0.0276. The molecule has 0 aliphatic carbocycles. The van der Waals surface area contributed by atoms with Crippen molar-refractivity contribution >= 4 is 11.6 Å². The normalized spacial score (nSPS) is 10.8. The smallest absolute Gasteiger partial charge is 0.257 e. The lowest BCUT2D eigenvalue weighted by atomic mass is 10.1. The molecule has 1 heterocycles. The Hall–Kier alpha value is -2.33. The predicted molar refractivity (Wildman–Crippen MR) is 80.4 cm³/mol. The van der Waals surface area contributed by atoms with E-state index in [4.69, 9.17) is 16.1 Å². The number of aromatic hydroxyl groups is 1. The van der Waals surface area contributed by atoms with Crippen LogP contribution >= 0.6 is 11.6 Å². The SMILES string of the molecule is Cc1ccc(Cc2noc(-c3ccc(O)c(Cl)c3)n2)cc1. The van der Waals surface area contributed by atoms with Crippen LogP contribution in [0.2, 0.25) is 5.02 Å². The first-order valence-electron chi connectivity index (χ1n) is 6.49. The number of halogens is 1. The summed E-state index contributed by atoms with van der Waals surface area (Å²) in [7, 11) is 0. The zero-order chi connectivity index (χ0) is 14.8. The first kappa shape index (κ1) is 13.6. The Morgan fingerprint density at radius 3 is 2.62 bits per heavy atom. The summed E-state index contributed by atoms with van der Waals surface area (Å²) >= 11 is 5.88. The lowest BCUT2D eigenvalue weighted by Crippen LogP contribution is -1.90. The molecule has 0 spiro atoms. The van der Waals surface area contributed by atoms with E-state index >= 15 is 0 Å². The molecule has 0 unspecified atom stereocenters. The fraction of sp³-hybridized carbons (Fsp3) is 0.125. The van der Waals surface area contributed by atoms with Gasteiger partial charge in [0.1, 0.15) is 5.75 Å². The minimum Gasteiger partial charge on any atom is -0.506 e. The maximum absolute atomic E-state index is 9.41. The number of nitrogens with zero attached hydrogens (tertiary/aromatic N) is 2. The van der Waals surface area contributed by atoms with Gasteiger partial charge in [-0.1, -0.05) is 46.6 Å². The van der Waals surface area contributed by atoms with Gasteiger partial charge in [0.25, 0.3) is 5.89 Å². The number of hydrogen-bond donors (Lipinski definition) is 1. The van der Waals surface area contributed by atoms with Crippen LogP contribution in [0.25, 0.3) is 11.5 Å². The monoisotopic (exact) mass is 300 g/mol. The average Bonchev–Trinajstić information content (AvgIpc) is 2.93. The minimum atomic E-state index is 0.0276. The van der Waals surface area contributed by atoms with E-state index in [1.165, 1.54) is 11.6 Å². The van der Waals surface area contributed by atoms with Crippen molar-refractivity contribution in [1.82, 2.24) is 10.1 Å². The van der Waals surface area contributed by atoms with Gasteiger partial charge < -0.3 is 9.63 Å². The molecular weight excluding hydrogens is 288 g/mol. The molecule has 0 saturated heterocycles. The van der Waals surface area contributed by atoms with E-state index < -0.39 is 0 Å². The van der Waals surface area contributed by atoms with Gasteiger partial charge in [-0.3, -0.25) is 0 Å². The van der Waals surface area contributed by atoms with Crippen LogP contribution in [0.15, 0.2) is 47.0 Å². The lowest BCUT2D eigenvalue weighted by Gasteiger charge is -1.98. The summed E-state index contributed by atoms with van der Waals surface area (Å²) in [5.41, 5.74) is 3.02. The molecule has 0 saturated carbocycles. The average molecular weight is 301 g/mol. The third-order valence-electron chi connectivity index (χ3n) is 3.15. The lowest BCUT2D eigenvalue weighted by molar-refractivity contribution is 0.423. The molecule has 1 N–H and O–H groups in total. The van der Waals surface area contributed by atoms with Gasteiger partial charge in [0, 0.05) is 12.0 Å². The van der Waals surface area contributed by atoms with Gasteiger partial charge in [0.05, 0.1) is 5.02 Å². The molecule has 1 aromatic heterocycles. The van der Waals surface area contributed by atoms with Crippen LogP contribution in [0.5, 0.6) is 5.75 Å². The molecule has 5 heteroatoms. The van der Waals surface area contributed by atoms with Crippen molar-refractivity contribution in [3.05, 3.63) is 64.4 Å². The standard InChI is InChI=1S/C16H13ClN2O2/c1-10-2-4-11(5-3-10)8-15-18-16(21-19-15)12-6-7-14(20)13(17)9-12/h2-7,9,20H,8H2,1H3. The molecule has 0 bridgehead atoms. The number of rotatable bonds is 3. The number of hydrogen-bond acceptors (Lipinski definition) is 4. The highest BCUT2D eigenvalue weighted by atomic mass is 35.5. The summed E-state index contributed by atoms with van der Waals surface area (Å²) < 4.78 is 5.24. The Morgan fingerprint density at radius 1 is 1.14 bits per heavy atom. The molecule has 0 atom stereocenters. The first-order chi connectivity index (χ1) is 10.1. The largest absolute Gasteiger partial charge is 0.506 e. The molecule has 3 rings (SSSR count). The van der Waals surface area contributed by atoms with Crippen molar-refractivity contribution in [3.63, 3.8) is 0 Å². The van der Waals surface area contributed by atoms with E-state index in [0.29, 0.717) is 23.7 Å². The Balaban J connectivity index is 1.82. The number of phenolic OH excluding ortho intramolecular Hbond substituents is 1. The number of phenols is 1. The fourth-order valence-corrected chi connectivity index (χ4v) is 2.15. The summed E-state index contributed by atoms with van der Waals surface area (Å²) in [6, 6.07) is 13.0. The van der Waals surface area contributed by atoms with Crippen LogP contribution in [0.1, 0.15) is 17.0 Å². The zero-order valence-electron chi connectivity index (χ0n) is 11.4. The number of aryl methyl sites for hydroxylation is 1. The van der Waals surface area contributed by atoms with Crippen molar-refractivity contribution < 1.29 is 9.63 Å². The highest BCUT2D eigenvalue weighted by Gasteiger charge is 2.11. The van der Waals surface area contributed by atoms with E-state index in [1.54, 1.807) is 12.1 Å². The Bertz CT molecular complexity index is 766. The number of benzene rings is 2. The molecule has 2 aromatic carbocycles. The third kappa shape index (κ3) is 3.06. The summed E-state index contributed by atoms with van der Waals surface area (Å²) in [6.45, 7) is 2.05. The van der Waals surface area contributed by atoms with Gasteiger partial charge in [-0.15, -0.1) is 0 Å². The molecular formula is C16H13ClN2O2. The molecule has 0 fully saturated rings. The van der Waals surface area contributed by atoms with E-state index in [0.717, 1.165) is 5.56 Å². The summed E-state index contributed by atoms with van der Waals surface area (Å²) in [5.74, 6) is 1.02. The quantitative estimate of drug-likeness (QED) is 0.794.